The minimum absolute atomic E-state index is 0.0125. The molecule has 3 aromatic rings. The van der Waals surface area contributed by atoms with Crippen molar-refractivity contribution in [3.63, 3.8) is 0 Å². The molecule has 3 fully saturated rings. The number of benzene rings is 1. The number of rotatable bonds is 11. The molecular formula is C38H43F6N3O7S. The number of hydrogen-bond acceptors (Lipinski definition) is 9. The largest absolute Gasteiger partial charge is 0.490 e. The second-order valence-electron chi connectivity index (χ2n) is 14.5. The number of hydrogen-bond donors (Lipinski definition) is 3. The van der Waals surface area contributed by atoms with Crippen LogP contribution < -0.4 is 9.47 Å². The molecule has 17 heteroatoms. The number of pyridine rings is 1. The van der Waals surface area contributed by atoms with E-state index in [-0.39, 0.29) is 63.6 Å². The lowest BCUT2D eigenvalue weighted by molar-refractivity contribution is -0.177. The first kappa shape index (κ1) is 40.7. The molecule has 2 aromatic heterocycles. The highest BCUT2D eigenvalue weighted by Crippen LogP contribution is 2.46. The zero-order valence-corrected chi connectivity index (χ0v) is 30.8. The van der Waals surface area contributed by atoms with Gasteiger partial charge in [0.2, 0.25) is 5.60 Å². The van der Waals surface area contributed by atoms with Crippen LogP contribution in [-0.4, -0.2) is 79.4 Å². The van der Waals surface area contributed by atoms with Crippen molar-refractivity contribution in [1.82, 2.24) is 14.8 Å². The van der Waals surface area contributed by atoms with Crippen molar-refractivity contribution in [3.8, 4) is 11.5 Å². The monoisotopic (exact) mass is 799 g/mol. The van der Waals surface area contributed by atoms with E-state index in [1.54, 1.807) is 31.2 Å². The summed E-state index contributed by atoms with van der Waals surface area (Å²) in [4.78, 5) is 32.1. The molecule has 4 heterocycles. The van der Waals surface area contributed by atoms with E-state index in [1.165, 1.54) is 9.80 Å². The number of carboxylic acids is 1. The Labute approximate surface area is 317 Å². The quantitative estimate of drug-likeness (QED) is 0.170. The molecular weight excluding hydrogens is 756 g/mol. The van der Waals surface area contributed by atoms with Crippen molar-refractivity contribution in [2.45, 2.75) is 107 Å². The van der Waals surface area contributed by atoms with Crippen molar-refractivity contribution >= 4 is 23.2 Å². The second-order valence-corrected chi connectivity index (χ2v) is 15.4. The summed E-state index contributed by atoms with van der Waals surface area (Å²) in [5.74, 6) is -1.89. The van der Waals surface area contributed by atoms with Gasteiger partial charge in [0.25, 0.3) is 5.91 Å². The number of carbonyl (C=O) groups excluding carboxylic acids is 1. The third kappa shape index (κ3) is 8.44. The minimum atomic E-state index is -4.86. The summed E-state index contributed by atoms with van der Waals surface area (Å²) in [5.41, 5.74) is -4.77. The molecule has 5 atom stereocenters. The number of aliphatic hydroxyl groups is 2. The molecule has 2 aliphatic heterocycles. The fourth-order valence-electron chi connectivity index (χ4n) is 8.26. The highest BCUT2D eigenvalue weighted by atomic mass is 32.1. The molecule has 5 unspecified atom stereocenters. The molecule has 0 spiro atoms. The number of ether oxygens (including phenoxy) is 2. The van der Waals surface area contributed by atoms with Gasteiger partial charge < -0.3 is 29.7 Å². The Hall–Kier alpha value is -3.93. The van der Waals surface area contributed by atoms with Crippen LogP contribution in [0, 0.1) is 5.92 Å². The standard InChI is InChI=1S/C38H43F6N3O7S/c1-2-7-29-36(54-25-21-30(55-22-25)38(42,43)44,13-6-17-47(29)32(48)31-27(37(39,40)41)9-5-16-45-31)34(51)46-18-14-35(52,15-19-46)26-8-3-4-10-28(26)53-24-12-11-23(20-24)33(49)50/h3-5,8-10,16,21-24,29,32,48,52H,2,6-7,11-15,17-20H2,1H3,(H,49,50). The first-order valence-corrected chi connectivity index (χ1v) is 19.2. The van der Waals surface area contributed by atoms with Crippen molar-refractivity contribution in [3.05, 3.63) is 75.7 Å². The van der Waals surface area contributed by atoms with Crippen LogP contribution in [0.15, 0.2) is 54.0 Å². The maximum Gasteiger partial charge on any atom is 0.425 e. The molecule has 3 aliphatic rings. The molecule has 1 saturated carbocycles. The van der Waals surface area contributed by atoms with Gasteiger partial charge in [-0.2, -0.15) is 26.3 Å². The topological polar surface area (TPSA) is 133 Å². The Balaban J connectivity index is 1.31. The number of para-hydroxylation sites is 1. The van der Waals surface area contributed by atoms with Crippen LogP contribution in [0.1, 0.15) is 92.6 Å². The molecule has 1 aromatic carbocycles. The molecule has 300 valence electrons. The number of aromatic nitrogens is 1. The average Bonchev–Trinajstić information content (AvgIpc) is 3.82. The highest BCUT2D eigenvalue weighted by molar-refractivity contribution is 7.10. The summed E-state index contributed by atoms with van der Waals surface area (Å²) in [6.07, 6.45) is -8.73. The Morgan fingerprint density at radius 2 is 1.75 bits per heavy atom. The zero-order valence-electron chi connectivity index (χ0n) is 30.0. The Bertz CT molecular complexity index is 1830. The van der Waals surface area contributed by atoms with Crippen molar-refractivity contribution in [2.24, 2.45) is 5.92 Å². The predicted molar refractivity (Wildman–Crippen MR) is 187 cm³/mol. The third-order valence-electron chi connectivity index (χ3n) is 11.0. The fourth-order valence-corrected chi connectivity index (χ4v) is 8.94. The minimum Gasteiger partial charge on any atom is -0.490 e. The highest BCUT2D eigenvalue weighted by Gasteiger charge is 2.57. The summed E-state index contributed by atoms with van der Waals surface area (Å²) in [7, 11) is 0. The molecule has 55 heavy (non-hydrogen) atoms. The number of carbonyl (C=O) groups is 2. The maximum absolute atomic E-state index is 15.0. The number of aliphatic hydroxyl groups excluding tert-OH is 1. The molecule has 10 nitrogen and oxygen atoms in total. The molecule has 2 saturated heterocycles. The maximum atomic E-state index is 15.0. The van der Waals surface area contributed by atoms with Gasteiger partial charge in [-0.15, -0.1) is 11.3 Å². The number of likely N-dealkylation sites (tertiary alicyclic amines) is 2. The van der Waals surface area contributed by atoms with Gasteiger partial charge in [-0.05, 0) is 69.6 Å². The lowest BCUT2D eigenvalue weighted by Crippen LogP contribution is -2.68. The van der Waals surface area contributed by atoms with E-state index in [0.717, 1.165) is 29.8 Å². The number of nitrogens with zero attached hydrogens (tertiary/aromatic N) is 3. The van der Waals surface area contributed by atoms with E-state index in [2.05, 4.69) is 4.98 Å². The van der Waals surface area contributed by atoms with Crippen LogP contribution >= 0.6 is 11.3 Å². The van der Waals surface area contributed by atoms with Crippen molar-refractivity contribution < 1.29 is 60.7 Å². The summed E-state index contributed by atoms with van der Waals surface area (Å²) in [5, 5.41) is 34.2. The lowest BCUT2D eigenvalue weighted by atomic mass is 9.78. The van der Waals surface area contributed by atoms with Gasteiger partial charge in [-0.3, -0.25) is 19.5 Å². The number of alkyl halides is 6. The van der Waals surface area contributed by atoms with Gasteiger partial charge in [0.05, 0.1) is 34.9 Å². The van der Waals surface area contributed by atoms with E-state index >= 15 is 0 Å². The van der Waals surface area contributed by atoms with Crippen LogP contribution in [0.4, 0.5) is 26.3 Å². The number of amides is 1. The first-order valence-electron chi connectivity index (χ1n) is 18.3. The van der Waals surface area contributed by atoms with Gasteiger partial charge in [0.1, 0.15) is 16.4 Å². The van der Waals surface area contributed by atoms with Crippen LogP contribution in [0.25, 0.3) is 0 Å². The van der Waals surface area contributed by atoms with E-state index in [1.807, 2.05) is 0 Å². The van der Waals surface area contributed by atoms with Crippen LogP contribution in [-0.2, 0) is 27.5 Å². The normalized spacial score (nSPS) is 25.4. The Kier molecular flexibility index (Phi) is 11.8. The predicted octanol–water partition coefficient (Wildman–Crippen LogP) is 7.40. The summed E-state index contributed by atoms with van der Waals surface area (Å²) >= 11 is 0.379. The fraction of sp³-hybridized carbons (Fsp3) is 0.553. The van der Waals surface area contributed by atoms with Gasteiger partial charge in [0, 0.05) is 42.8 Å². The number of carboxylic acid groups (broad SMARTS) is 1. The number of halogens is 6. The summed E-state index contributed by atoms with van der Waals surface area (Å²) in [6.45, 7) is 1.78. The van der Waals surface area contributed by atoms with E-state index in [9.17, 15) is 51.3 Å². The number of aliphatic carboxylic acids is 1. The third-order valence-corrected chi connectivity index (χ3v) is 11.9. The van der Waals surface area contributed by atoms with Gasteiger partial charge in [-0.25, -0.2) is 0 Å². The summed E-state index contributed by atoms with van der Waals surface area (Å²) < 4.78 is 96.0. The molecule has 1 amide bonds. The lowest BCUT2D eigenvalue weighted by Gasteiger charge is -2.52. The zero-order chi connectivity index (χ0) is 39.8. The van der Waals surface area contributed by atoms with Crippen LogP contribution in [0.2, 0.25) is 0 Å². The van der Waals surface area contributed by atoms with Crippen LogP contribution in [0.3, 0.4) is 0 Å². The van der Waals surface area contributed by atoms with Crippen molar-refractivity contribution in [1.29, 1.82) is 0 Å². The first-order chi connectivity index (χ1) is 26.0. The average molecular weight is 800 g/mol. The Morgan fingerprint density at radius 3 is 2.38 bits per heavy atom. The van der Waals surface area contributed by atoms with E-state index < -0.39 is 69.8 Å². The second kappa shape index (κ2) is 15.9. The smallest absolute Gasteiger partial charge is 0.425 e. The SMILES string of the molecule is CCCC1N(C(O)c2ncccc2C(F)(F)F)CCCC1(Oc1csc(C(F)(F)F)c1)C(=O)N1CCC(O)(c2ccccc2OC2CCC(C(=O)O)C2)CC1. The van der Waals surface area contributed by atoms with Crippen molar-refractivity contribution in [2.75, 3.05) is 19.6 Å². The summed E-state index contributed by atoms with van der Waals surface area (Å²) in [6, 6.07) is 8.45. The van der Waals surface area contributed by atoms with Gasteiger partial charge in [-0.1, -0.05) is 31.5 Å². The molecule has 3 N–H and O–H groups in total. The van der Waals surface area contributed by atoms with Crippen LogP contribution in [0.5, 0.6) is 11.5 Å². The van der Waals surface area contributed by atoms with E-state index in [0.29, 0.717) is 48.3 Å². The molecule has 1 aliphatic carbocycles. The Morgan fingerprint density at radius 1 is 1.02 bits per heavy atom. The molecule has 0 bridgehead atoms. The molecule has 6 rings (SSSR count). The van der Waals surface area contributed by atoms with Gasteiger partial charge in [0.15, 0.2) is 6.23 Å². The molecule has 0 radical (unpaired) electrons. The number of thiophene rings is 1. The van der Waals surface area contributed by atoms with Gasteiger partial charge >= 0.3 is 18.3 Å². The van der Waals surface area contributed by atoms with E-state index in [4.69, 9.17) is 9.47 Å². The number of piperidine rings is 2.